The molecule has 9 heteroatoms. The summed E-state index contributed by atoms with van der Waals surface area (Å²) in [7, 11) is -3.92. The summed E-state index contributed by atoms with van der Waals surface area (Å²) < 4.78 is 32.5. The van der Waals surface area contributed by atoms with Gasteiger partial charge in [0.2, 0.25) is 15.9 Å². The standard InChI is InChI=1S/C18H26N4O4S/c1-13-17(15(3)26-20-13)27(24,25)21-14(2)18(23)22(12-10-19)11-9-16-7-5-4-6-8-16/h4-8,14,21H,9-12,19H2,1-3H3. The van der Waals surface area contributed by atoms with Crippen LogP contribution in [0.4, 0.5) is 0 Å². The lowest BCUT2D eigenvalue weighted by Gasteiger charge is -2.25. The number of nitrogens with zero attached hydrogens (tertiary/aromatic N) is 2. The smallest absolute Gasteiger partial charge is 0.246 e. The fourth-order valence-electron chi connectivity index (χ4n) is 2.87. The van der Waals surface area contributed by atoms with Crippen molar-refractivity contribution in [3.63, 3.8) is 0 Å². The number of benzene rings is 1. The zero-order valence-corrected chi connectivity index (χ0v) is 16.6. The summed E-state index contributed by atoms with van der Waals surface area (Å²) in [6, 6.07) is 8.82. The summed E-state index contributed by atoms with van der Waals surface area (Å²) >= 11 is 0. The van der Waals surface area contributed by atoms with Crippen LogP contribution in [0.2, 0.25) is 0 Å². The van der Waals surface area contributed by atoms with Crippen LogP contribution in [0.5, 0.6) is 0 Å². The Bertz CT molecular complexity index is 845. The van der Waals surface area contributed by atoms with Crippen molar-refractivity contribution in [2.75, 3.05) is 19.6 Å². The molecule has 1 unspecified atom stereocenters. The quantitative estimate of drug-likeness (QED) is 0.655. The Labute approximate surface area is 159 Å². The highest BCUT2D eigenvalue weighted by Gasteiger charge is 2.29. The van der Waals surface area contributed by atoms with Gasteiger partial charge in [0.1, 0.15) is 10.6 Å². The van der Waals surface area contributed by atoms with Crippen LogP contribution >= 0.6 is 0 Å². The summed E-state index contributed by atoms with van der Waals surface area (Å²) in [6.45, 7) is 5.67. The first-order valence-electron chi connectivity index (χ1n) is 8.74. The molecule has 0 aliphatic carbocycles. The van der Waals surface area contributed by atoms with Crippen LogP contribution < -0.4 is 10.5 Å². The van der Waals surface area contributed by atoms with E-state index in [9.17, 15) is 13.2 Å². The third-order valence-electron chi connectivity index (χ3n) is 4.16. The van der Waals surface area contributed by atoms with Gasteiger partial charge in [-0.1, -0.05) is 35.5 Å². The van der Waals surface area contributed by atoms with Crippen molar-refractivity contribution in [3.8, 4) is 0 Å². The topological polar surface area (TPSA) is 119 Å². The van der Waals surface area contributed by atoms with E-state index in [0.29, 0.717) is 26.1 Å². The number of nitrogens with two attached hydrogens (primary N) is 1. The van der Waals surface area contributed by atoms with Crippen LogP contribution in [0.3, 0.4) is 0 Å². The molecule has 1 amide bonds. The van der Waals surface area contributed by atoms with E-state index in [1.165, 1.54) is 20.8 Å². The van der Waals surface area contributed by atoms with Crippen molar-refractivity contribution in [1.82, 2.24) is 14.8 Å². The molecular formula is C18H26N4O4S. The fourth-order valence-corrected chi connectivity index (χ4v) is 4.40. The Balaban J connectivity index is 2.08. The molecule has 1 heterocycles. The lowest BCUT2D eigenvalue weighted by molar-refractivity contribution is -0.132. The zero-order valence-electron chi connectivity index (χ0n) is 15.8. The van der Waals surface area contributed by atoms with E-state index in [-0.39, 0.29) is 22.3 Å². The molecule has 148 valence electrons. The number of carbonyl (C=O) groups excluding carboxylic acids is 1. The van der Waals surface area contributed by atoms with E-state index in [1.807, 2.05) is 30.3 Å². The summed E-state index contributed by atoms with van der Waals surface area (Å²) in [4.78, 5) is 14.3. The average Bonchev–Trinajstić information content (AvgIpc) is 2.97. The molecule has 0 aliphatic rings. The van der Waals surface area contributed by atoms with E-state index < -0.39 is 16.1 Å². The van der Waals surface area contributed by atoms with Crippen LogP contribution in [0.15, 0.2) is 39.8 Å². The van der Waals surface area contributed by atoms with Gasteiger partial charge in [0.05, 0.1) is 6.04 Å². The second-order valence-electron chi connectivity index (χ2n) is 6.35. The molecule has 2 rings (SSSR count). The number of aryl methyl sites for hydroxylation is 2. The van der Waals surface area contributed by atoms with Gasteiger partial charge in [0.15, 0.2) is 5.76 Å². The Morgan fingerprint density at radius 3 is 2.48 bits per heavy atom. The van der Waals surface area contributed by atoms with Crippen LogP contribution in [-0.4, -0.2) is 50.1 Å². The second-order valence-corrected chi connectivity index (χ2v) is 8.00. The molecule has 1 atom stereocenters. The van der Waals surface area contributed by atoms with Crippen LogP contribution in [0, 0.1) is 13.8 Å². The molecule has 8 nitrogen and oxygen atoms in total. The van der Waals surface area contributed by atoms with Crippen molar-refractivity contribution in [2.45, 2.75) is 38.1 Å². The molecule has 0 radical (unpaired) electrons. The first kappa shape index (κ1) is 21.1. The Kier molecular flexibility index (Phi) is 7.11. The SMILES string of the molecule is Cc1noc(C)c1S(=O)(=O)NC(C)C(=O)N(CCN)CCc1ccccc1. The third kappa shape index (κ3) is 5.38. The van der Waals surface area contributed by atoms with Crippen LogP contribution in [0.1, 0.15) is 23.9 Å². The highest BCUT2D eigenvalue weighted by molar-refractivity contribution is 7.89. The lowest BCUT2D eigenvalue weighted by Crippen LogP contribution is -2.48. The second kappa shape index (κ2) is 9.12. The fraction of sp³-hybridized carbons (Fsp3) is 0.444. The van der Waals surface area contributed by atoms with Crippen molar-refractivity contribution in [2.24, 2.45) is 5.73 Å². The summed E-state index contributed by atoms with van der Waals surface area (Å²) in [5.41, 5.74) is 6.97. The van der Waals surface area contributed by atoms with Crippen LogP contribution in [0.25, 0.3) is 0 Å². The molecule has 1 aromatic carbocycles. The molecule has 0 fully saturated rings. The van der Waals surface area contributed by atoms with Gasteiger partial charge < -0.3 is 15.2 Å². The summed E-state index contributed by atoms with van der Waals surface area (Å²) in [5, 5.41) is 3.66. The Hall–Kier alpha value is -2.23. The van der Waals surface area contributed by atoms with Crippen molar-refractivity contribution >= 4 is 15.9 Å². The minimum atomic E-state index is -3.92. The normalized spacial score (nSPS) is 12.7. The molecule has 0 saturated carbocycles. The highest BCUT2D eigenvalue weighted by atomic mass is 32.2. The van der Waals surface area contributed by atoms with E-state index in [4.69, 9.17) is 10.3 Å². The Morgan fingerprint density at radius 2 is 1.93 bits per heavy atom. The molecule has 2 aromatic rings. The lowest BCUT2D eigenvalue weighted by atomic mass is 10.1. The maximum absolute atomic E-state index is 12.8. The summed E-state index contributed by atoms with van der Waals surface area (Å²) in [6.07, 6.45) is 0.663. The molecule has 0 bridgehead atoms. The highest BCUT2D eigenvalue weighted by Crippen LogP contribution is 2.19. The van der Waals surface area contributed by atoms with Gasteiger partial charge in [-0.3, -0.25) is 4.79 Å². The first-order chi connectivity index (χ1) is 12.8. The molecule has 1 aromatic heterocycles. The molecule has 3 N–H and O–H groups in total. The number of nitrogens with one attached hydrogen (secondary N) is 1. The van der Waals surface area contributed by atoms with Gasteiger partial charge in [-0.2, -0.15) is 4.72 Å². The largest absolute Gasteiger partial charge is 0.360 e. The van der Waals surface area contributed by atoms with E-state index >= 15 is 0 Å². The monoisotopic (exact) mass is 394 g/mol. The number of hydrogen-bond donors (Lipinski definition) is 2. The van der Waals surface area contributed by atoms with Crippen molar-refractivity contribution in [3.05, 3.63) is 47.3 Å². The number of sulfonamides is 1. The maximum atomic E-state index is 12.8. The van der Waals surface area contributed by atoms with Gasteiger partial charge in [0, 0.05) is 19.6 Å². The predicted octanol–water partition coefficient (Wildman–Crippen LogP) is 0.988. The number of aromatic nitrogens is 1. The maximum Gasteiger partial charge on any atom is 0.246 e. The number of amides is 1. The minimum absolute atomic E-state index is 0.0307. The van der Waals surface area contributed by atoms with E-state index in [1.54, 1.807) is 4.90 Å². The average molecular weight is 394 g/mol. The van der Waals surface area contributed by atoms with Gasteiger partial charge in [-0.05, 0) is 32.8 Å². The first-order valence-corrected chi connectivity index (χ1v) is 10.2. The van der Waals surface area contributed by atoms with Crippen molar-refractivity contribution < 1.29 is 17.7 Å². The third-order valence-corrected chi connectivity index (χ3v) is 5.95. The Morgan fingerprint density at radius 1 is 1.26 bits per heavy atom. The number of rotatable bonds is 9. The van der Waals surface area contributed by atoms with Gasteiger partial charge in [-0.25, -0.2) is 8.42 Å². The van der Waals surface area contributed by atoms with Gasteiger partial charge in [0.25, 0.3) is 0 Å². The molecule has 0 saturated heterocycles. The van der Waals surface area contributed by atoms with Gasteiger partial charge in [-0.15, -0.1) is 0 Å². The van der Waals surface area contributed by atoms with Crippen molar-refractivity contribution in [1.29, 1.82) is 0 Å². The van der Waals surface area contributed by atoms with E-state index in [0.717, 1.165) is 5.56 Å². The number of hydrogen-bond acceptors (Lipinski definition) is 6. The van der Waals surface area contributed by atoms with E-state index in [2.05, 4.69) is 9.88 Å². The minimum Gasteiger partial charge on any atom is -0.360 e. The molecule has 0 spiro atoms. The van der Waals surface area contributed by atoms with Crippen LogP contribution in [-0.2, 0) is 21.2 Å². The predicted molar refractivity (Wildman–Crippen MR) is 102 cm³/mol. The zero-order chi connectivity index (χ0) is 20.0. The molecular weight excluding hydrogens is 368 g/mol. The molecule has 27 heavy (non-hydrogen) atoms. The summed E-state index contributed by atoms with van der Waals surface area (Å²) in [5.74, 6) is -0.144. The molecule has 0 aliphatic heterocycles. The number of carbonyl (C=O) groups is 1. The van der Waals surface area contributed by atoms with Gasteiger partial charge >= 0.3 is 0 Å².